The monoisotopic (exact) mass is 1040 g/mol. The molecule has 360 valence electrons. The predicted octanol–water partition coefficient (Wildman–Crippen LogP) is 12.3. The van der Waals surface area contributed by atoms with E-state index in [0.717, 1.165) is 18.1 Å². The van der Waals surface area contributed by atoms with Crippen molar-refractivity contribution in [1.82, 2.24) is 0 Å². The van der Waals surface area contributed by atoms with Crippen LogP contribution in [0.25, 0.3) is 0 Å². The summed E-state index contributed by atoms with van der Waals surface area (Å²) < 4.78 is 10.8. The number of Topliss-reactive ketones (excluding diaryl/α,β-unsaturated/α-hetero) is 2. The van der Waals surface area contributed by atoms with E-state index in [1.807, 2.05) is 0 Å². The van der Waals surface area contributed by atoms with Crippen LogP contribution in [0.3, 0.4) is 0 Å². The van der Waals surface area contributed by atoms with Crippen LogP contribution in [-0.2, 0) is 25.6 Å². The molecule has 0 bridgehead atoms. The Balaban J connectivity index is 1.28. The van der Waals surface area contributed by atoms with Gasteiger partial charge >= 0.3 is 0 Å². The molecule has 4 amide bonds. The highest BCUT2D eigenvalue weighted by Crippen LogP contribution is 2.34. The molecule has 0 spiro atoms. The fourth-order valence-corrected chi connectivity index (χ4v) is 7.30. The quantitative estimate of drug-likeness (QED) is 0.0333. The van der Waals surface area contributed by atoms with Crippen LogP contribution < -0.4 is 30.7 Å². The van der Waals surface area contributed by atoms with Crippen molar-refractivity contribution < 1.29 is 38.2 Å². The molecule has 0 aliphatic rings. The lowest BCUT2D eigenvalue weighted by Gasteiger charge is -2.16. The van der Waals surface area contributed by atoms with E-state index < -0.39 is 47.3 Å². The summed E-state index contributed by atoms with van der Waals surface area (Å²) in [6, 6.07) is 19.9. The van der Waals surface area contributed by atoms with Crippen LogP contribution in [0.2, 0.25) is 10.0 Å². The number of halogens is 5. The Hall–Kier alpha value is -6.43. The molecule has 4 atom stereocenters. The first-order chi connectivity index (χ1) is 32.8. The van der Waals surface area contributed by atoms with Crippen LogP contribution >= 0.6 is 58.0 Å². The van der Waals surface area contributed by atoms with Crippen LogP contribution in [0.5, 0.6) is 11.5 Å². The zero-order valence-corrected chi connectivity index (χ0v) is 41.6. The summed E-state index contributed by atoms with van der Waals surface area (Å²) in [5, 5.41) is 26.5. The van der Waals surface area contributed by atoms with E-state index >= 15 is 0 Å². The number of alkyl halides is 3. The summed E-state index contributed by atoms with van der Waals surface area (Å²) in [6.07, 6.45) is 0.205. The van der Waals surface area contributed by atoms with Crippen LogP contribution in [0.1, 0.15) is 75.9 Å². The average molecular weight is 1040 g/mol. The van der Waals surface area contributed by atoms with Crippen molar-refractivity contribution >= 4 is 127 Å². The number of carbonyl (C=O) groups excluding carboxylic acids is 6. The number of amides is 4. The van der Waals surface area contributed by atoms with E-state index in [1.54, 1.807) is 50.2 Å². The van der Waals surface area contributed by atoms with Gasteiger partial charge in [-0.3, -0.25) is 28.8 Å². The molecule has 69 heavy (non-hydrogen) atoms. The largest absolute Gasteiger partial charge is 0.495 e. The number of aryl methyl sites for hydroxylation is 1. The summed E-state index contributed by atoms with van der Waals surface area (Å²) in [5.41, 5.74) is 3.41. The highest BCUT2D eigenvalue weighted by molar-refractivity contribution is 6.35. The van der Waals surface area contributed by atoms with Crippen molar-refractivity contribution in [2.45, 2.75) is 57.0 Å². The number of nitrogens with one attached hydrogen (secondary N) is 4. The summed E-state index contributed by atoms with van der Waals surface area (Å²) in [4.78, 5) is 79.2. The van der Waals surface area contributed by atoms with Gasteiger partial charge in [0.05, 0.1) is 68.9 Å². The Morgan fingerprint density at radius 2 is 1.01 bits per heavy atom. The van der Waals surface area contributed by atoms with Crippen molar-refractivity contribution in [3.05, 3.63) is 129 Å². The second-order valence-electron chi connectivity index (χ2n) is 15.1. The summed E-state index contributed by atoms with van der Waals surface area (Å²) in [7, 11) is 2.91. The van der Waals surface area contributed by atoms with Gasteiger partial charge in [0.2, 0.25) is 12.1 Å². The maximum atomic E-state index is 13.5. The molecule has 4 N–H and O–H groups in total. The highest BCUT2D eigenvalue weighted by Gasteiger charge is 2.27. The normalized spacial score (nSPS) is 13.0. The van der Waals surface area contributed by atoms with E-state index in [9.17, 15) is 28.8 Å². The molecular formula is C48H45Cl5N8O8. The molecule has 0 saturated carbocycles. The maximum absolute atomic E-state index is 13.5. The summed E-state index contributed by atoms with van der Waals surface area (Å²) in [6.45, 7) is 5.90. The number of nitrogens with zero attached hydrogens (tertiary/aromatic N) is 4. The van der Waals surface area contributed by atoms with E-state index in [0.29, 0.717) is 28.4 Å². The zero-order valence-electron chi connectivity index (χ0n) is 37.8. The number of azo groups is 2. The number of benzene rings is 5. The standard InChI is InChI=1S/C48H45Cl5N8O8/c1-24(50)28-7-15-41(68-5)39(20-28)56-45(64)34-22-32(9-12-36(34)52)58-60-43(26(3)62)47(66)54-31-11-14-38(30(19-31)17-18-49)55-48(67)44(27(4)63)61-59-33-10-13-37(53)35(23-33)46(65)57-40-21-29(25(2)51)8-16-42(40)69-6/h7-16,19-25,43-44H,17-18H2,1-6H3,(H,54,66)(H,55,67)(H,56,64)(H,57,65). The fourth-order valence-electron chi connectivity index (χ4n) is 6.42. The lowest BCUT2D eigenvalue weighted by Crippen LogP contribution is -2.32. The van der Waals surface area contributed by atoms with Gasteiger partial charge in [0, 0.05) is 17.3 Å². The van der Waals surface area contributed by atoms with Gasteiger partial charge in [0.25, 0.3) is 23.6 Å². The third-order valence-corrected chi connectivity index (χ3v) is 11.4. The van der Waals surface area contributed by atoms with Crippen LogP contribution in [0.4, 0.5) is 34.1 Å². The molecule has 5 rings (SSSR count). The molecule has 5 aromatic rings. The zero-order chi connectivity index (χ0) is 50.5. The van der Waals surface area contributed by atoms with Gasteiger partial charge in [-0.1, -0.05) is 35.3 Å². The van der Waals surface area contributed by atoms with Gasteiger partial charge < -0.3 is 30.7 Å². The van der Waals surface area contributed by atoms with E-state index in [1.165, 1.54) is 75.7 Å². The maximum Gasteiger partial charge on any atom is 0.258 e. The van der Waals surface area contributed by atoms with Gasteiger partial charge in [-0.15, -0.1) is 34.8 Å². The average Bonchev–Trinajstić information content (AvgIpc) is 3.30. The number of ether oxygens (including phenoxy) is 2. The molecule has 0 fully saturated rings. The van der Waals surface area contributed by atoms with E-state index in [2.05, 4.69) is 41.7 Å². The van der Waals surface area contributed by atoms with Gasteiger partial charge in [-0.25, -0.2) is 0 Å². The van der Waals surface area contributed by atoms with Crippen molar-refractivity contribution in [2.75, 3.05) is 41.4 Å². The molecule has 5 aromatic carbocycles. The molecule has 21 heteroatoms. The summed E-state index contributed by atoms with van der Waals surface area (Å²) in [5.74, 6) is -3.26. The Morgan fingerprint density at radius 1 is 0.565 bits per heavy atom. The first kappa shape index (κ1) is 53.5. The Labute approximate surface area is 422 Å². The topological polar surface area (TPSA) is 218 Å². The lowest BCUT2D eigenvalue weighted by atomic mass is 10.1. The van der Waals surface area contributed by atoms with Gasteiger partial charge in [-0.05, 0) is 130 Å². The lowest BCUT2D eigenvalue weighted by molar-refractivity contribution is -0.127. The number of anilines is 4. The smallest absolute Gasteiger partial charge is 0.258 e. The molecule has 0 aliphatic heterocycles. The van der Waals surface area contributed by atoms with Gasteiger partial charge in [-0.2, -0.15) is 20.5 Å². The van der Waals surface area contributed by atoms with Gasteiger partial charge in [0.15, 0.2) is 11.6 Å². The molecule has 0 aliphatic carbocycles. The second-order valence-corrected chi connectivity index (χ2v) is 17.6. The number of ketones is 2. The van der Waals surface area contributed by atoms with Gasteiger partial charge in [0.1, 0.15) is 11.5 Å². The molecular weight excluding hydrogens is 994 g/mol. The number of hydrogen-bond acceptors (Lipinski definition) is 12. The predicted molar refractivity (Wildman–Crippen MR) is 269 cm³/mol. The minimum absolute atomic E-state index is 0.0265. The third kappa shape index (κ3) is 14.3. The molecule has 0 saturated heterocycles. The van der Waals surface area contributed by atoms with E-state index in [4.69, 9.17) is 67.5 Å². The Kier molecular flexibility index (Phi) is 19.2. The Morgan fingerprint density at radius 3 is 1.42 bits per heavy atom. The number of hydrogen-bond donors (Lipinski definition) is 4. The van der Waals surface area contributed by atoms with Crippen molar-refractivity contribution in [3.63, 3.8) is 0 Å². The molecule has 16 nitrogen and oxygen atoms in total. The number of rotatable bonds is 20. The highest BCUT2D eigenvalue weighted by atomic mass is 35.5. The van der Waals surface area contributed by atoms with Crippen LogP contribution in [0.15, 0.2) is 111 Å². The molecule has 0 radical (unpaired) electrons. The number of carbonyl (C=O) groups is 6. The third-order valence-electron chi connectivity index (χ3n) is 10.1. The summed E-state index contributed by atoms with van der Waals surface area (Å²) >= 11 is 31.4. The van der Waals surface area contributed by atoms with E-state index in [-0.39, 0.29) is 67.0 Å². The minimum atomic E-state index is -1.61. The van der Waals surface area contributed by atoms with Crippen LogP contribution in [-0.4, -0.2) is 67.4 Å². The minimum Gasteiger partial charge on any atom is -0.495 e. The second kappa shape index (κ2) is 24.7. The Bertz CT molecular complexity index is 2840. The molecule has 0 heterocycles. The van der Waals surface area contributed by atoms with Crippen molar-refractivity contribution in [1.29, 1.82) is 0 Å². The first-order valence-corrected chi connectivity index (χ1v) is 23.0. The SMILES string of the molecule is COc1ccc(C(C)Cl)cc1NC(=O)c1cc(N=NC(C(C)=O)C(=O)Nc2ccc(NC(=O)C(N=Nc3ccc(Cl)c(C(=O)Nc4cc(C(C)Cl)ccc4OC)c3)C(C)=O)c(CCCl)c2)ccc1Cl. The van der Waals surface area contributed by atoms with Crippen molar-refractivity contribution in [2.24, 2.45) is 20.5 Å². The van der Waals surface area contributed by atoms with Crippen LogP contribution in [0, 0.1) is 0 Å². The first-order valence-electron chi connectivity index (χ1n) is 20.8. The molecule has 4 unspecified atom stereocenters. The number of methoxy groups -OCH3 is 2. The molecule has 0 aromatic heterocycles. The van der Waals surface area contributed by atoms with Crippen molar-refractivity contribution in [3.8, 4) is 11.5 Å². The fraction of sp³-hybridized carbons (Fsp3) is 0.250.